The number of likely N-dealkylation sites (tertiary alicyclic amines) is 1. The fourth-order valence-corrected chi connectivity index (χ4v) is 3.93. The SMILES string of the molecule is CC(C)Oc1cc2c(OCC3CC(F)(F)C(=O)N3)ncc(C#CC3CN(C(=O)O)C3)c2cc1C(N)=O. The molecule has 0 aliphatic carbocycles. The molecule has 1 aromatic carbocycles. The molecule has 1 aromatic heterocycles. The van der Waals surface area contributed by atoms with E-state index in [2.05, 4.69) is 22.1 Å². The fraction of sp³-hybridized carbons (Fsp3) is 0.417. The van der Waals surface area contributed by atoms with Crippen LogP contribution in [-0.2, 0) is 4.79 Å². The number of nitrogens with one attached hydrogen (secondary N) is 1. The molecule has 2 saturated heterocycles. The van der Waals surface area contributed by atoms with Crippen LogP contribution in [0, 0.1) is 17.8 Å². The minimum Gasteiger partial charge on any atom is -0.490 e. The van der Waals surface area contributed by atoms with E-state index in [4.69, 9.17) is 20.3 Å². The van der Waals surface area contributed by atoms with E-state index in [0.29, 0.717) is 16.3 Å². The van der Waals surface area contributed by atoms with Gasteiger partial charge in [-0.15, -0.1) is 0 Å². The highest BCUT2D eigenvalue weighted by atomic mass is 19.3. The van der Waals surface area contributed by atoms with Crippen molar-refractivity contribution in [1.29, 1.82) is 0 Å². The maximum absolute atomic E-state index is 13.6. The molecule has 2 aliphatic rings. The molecule has 0 spiro atoms. The second-order valence-electron chi connectivity index (χ2n) is 8.95. The van der Waals surface area contributed by atoms with Gasteiger partial charge < -0.3 is 30.5 Å². The smallest absolute Gasteiger partial charge is 0.407 e. The maximum Gasteiger partial charge on any atom is 0.407 e. The van der Waals surface area contributed by atoms with Crippen LogP contribution in [0.1, 0.15) is 36.2 Å². The van der Waals surface area contributed by atoms with E-state index in [1.807, 2.05) is 0 Å². The van der Waals surface area contributed by atoms with E-state index in [9.17, 15) is 23.2 Å². The van der Waals surface area contributed by atoms with E-state index in [1.54, 1.807) is 13.8 Å². The van der Waals surface area contributed by atoms with Crippen LogP contribution < -0.4 is 20.5 Å². The Kier molecular flexibility index (Phi) is 6.58. The predicted molar refractivity (Wildman–Crippen MR) is 123 cm³/mol. The summed E-state index contributed by atoms with van der Waals surface area (Å²) in [6.07, 6.45) is -0.585. The zero-order chi connectivity index (χ0) is 26.2. The van der Waals surface area contributed by atoms with Gasteiger partial charge >= 0.3 is 12.0 Å². The molecule has 12 heteroatoms. The molecule has 0 bridgehead atoms. The van der Waals surface area contributed by atoms with Crippen molar-refractivity contribution in [2.24, 2.45) is 11.7 Å². The Morgan fingerprint density at radius 2 is 2.06 bits per heavy atom. The lowest BCUT2D eigenvalue weighted by molar-refractivity contribution is -0.139. The van der Waals surface area contributed by atoms with Crippen LogP contribution in [0.4, 0.5) is 13.6 Å². The third-order valence-electron chi connectivity index (χ3n) is 5.73. The van der Waals surface area contributed by atoms with Crippen molar-refractivity contribution in [2.45, 2.75) is 38.3 Å². The molecule has 4 N–H and O–H groups in total. The molecule has 190 valence electrons. The molecule has 36 heavy (non-hydrogen) atoms. The number of aromatic nitrogens is 1. The lowest BCUT2D eigenvalue weighted by Crippen LogP contribution is -2.48. The van der Waals surface area contributed by atoms with E-state index < -0.39 is 36.3 Å². The number of pyridine rings is 1. The molecule has 10 nitrogen and oxygen atoms in total. The maximum atomic E-state index is 13.6. The first-order valence-electron chi connectivity index (χ1n) is 11.2. The number of carboxylic acid groups (broad SMARTS) is 1. The Balaban J connectivity index is 1.70. The summed E-state index contributed by atoms with van der Waals surface area (Å²) in [7, 11) is 0. The summed E-state index contributed by atoms with van der Waals surface area (Å²) in [5.74, 6) is 0.559. The molecule has 2 aliphatic heterocycles. The normalized spacial score (nSPS) is 18.9. The van der Waals surface area contributed by atoms with Crippen LogP contribution in [0.3, 0.4) is 0 Å². The van der Waals surface area contributed by atoms with Crippen LogP contribution >= 0.6 is 0 Å². The number of halogens is 2. The third kappa shape index (κ3) is 5.10. The zero-order valence-electron chi connectivity index (χ0n) is 19.5. The number of hydrogen-bond donors (Lipinski definition) is 3. The van der Waals surface area contributed by atoms with Gasteiger partial charge in [-0.05, 0) is 26.0 Å². The lowest BCUT2D eigenvalue weighted by Gasteiger charge is -2.33. The van der Waals surface area contributed by atoms with Crippen molar-refractivity contribution >= 4 is 28.7 Å². The molecule has 2 aromatic rings. The van der Waals surface area contributed by atoms with Gasteiger partial charge in [0.15, 0.2) is 0 Å². The van der Waals surface area contributed by atoms with Crippen LogP contribution in [0.2, 0.25) is 0 Å². The van der Waals surface area contributed by atoms with E-state index >= 15 is 0 Å². The lowest BCUT2D eigenvalue weighted by atomic mass is 9.99. The summed E-state index contributed by atoms with van der Waals surface area (Å²) in [4.78, 5) is 40.0. The highest BCUT2D eigenvalue weighted by Gasteiger charge is 2.48. The van der Waals surface area contributed by atoms with Gasteiger partial charge in [0, 0.05) is 36.5 Å². The van der Waals surface area contributed by atoms with Crippen LogP contribution in [0.15, 0.2) is 18.3 Å². The van der Waals surface area contributed by atoms with Gasteiger partial charge in [-0.3, -0.25) is 9.59 Å². The Hall–Kier alpha value is -4.14. The van der Waals surface area contributed by atoms with Gasteiger partial charge in [0.2, 0.25) is 5.88 Å². The second-order valence-corrected chi connectivity index (χ2v) is 8.95. The highest BCUT2D eigenvalue weighted by Crippen LogP contribution is 2.34. The number of carbonyl (C=O) groups excluding carboxylic acids is 2. The average Bonchev–Trinajstić information content (AvgIpc) is 3.01. The number of ether oxygens (including phenoxy) is 2. The summed E-state index contributed by atoms with van der Waals surface area (Å²) in [6, 6.07) is 2.13. The second kappa shape index (κ2) is 9.49. The van der Waals surface area contributed by atoms with E-state index in [0.717, 1.165) is 0 Å². The zero-order valence-corrected chi connectivity index (χ0v) is 19.5. The molecule has 1 atom stereocenters. The summed E-state index contributed by atoms with van der Waals surface area (Å²) in [6.45, 7) is 3.86. The first-order chi connectivity index (χ1) is 16.9. The number of amides is 3. The van der Waals surface area contributed by atoms with Crippen molar-refractivity contribution in [3.8, 4) is 23.5 Å². The third-order valence-corrected chi connectivity index (χ3v) is 5.73. The largest absolute Gasteiger partial charge is 0.490 e. The number of fused-ring (bicyclic) bond motifs is 1. The van der Waals surface area contributed by atoms with Gasteiger partial charge in [0.1, 0.15) is 12.4 Å². The number of carbonyl (C=O) groups is 3. The fourth-order valence-electron chi connectivity index (χ4n) is 3.93. The monoisotopic (exact) mass is 502 g/mol. The van der Waals surface area contributed by atoms with E-state index in [-0.39, 0.29) is 48.9 Å². The van der Waals surface area contributed by atoms with Crippen molar-refractivity contribution < 1.29 is 37.7 Å². The first kappa shape index (κ1) is 25.0. The van der Waals surface area contributed by atoms with Gasteiger partial charge in [-0.25, -0.2) is 9.78 Å². The summed E-state index contributed by atoms with van der Waals surface area (Å²) in [5.41, 5.74) is 6.12. The average molecular weight is 502 g/mol. The molecule has 0 radical (unpaired) electrons. The Morgan fingerprint density at radius 1 is 1.33 bits per heavy atom. The minimum absolute atomic E-state index is 0.0744. The number of benzene rings is 1. The van der Waals surface area contributed by atoms with E-state index in [1.165, 1.54) is 23.2 Å². The number of hydrogen-bond acceptors (Lipinski definition) is 6. The molecule has 1 unspecified atom stereocenters. The molecule has 3 heterocycles. The minimum atomic E-state index is -3.46. The van der Waals surface area contributed by atoms with Gasteiger partial charge in [0.25, 0.3) is 11.8 Å². The van der Waals surface area contributed by atoms with Crippen molar-refractivity contribution in [1.82, 2.24) is 15.2 Å². The highest BCUT2D eigenvalue weighted by molar-refractivity contribution is 6.03. The van der Waals surface area contributed by atoms with Crippen molar-refractivity contribution in [2.75, 3.05) is 19.7 Å². The molecule has 0 saturated carbocycles. The standard InChI is InChI=1S/C24H24F2N4O6/c1-12(2)36-19-6-17-16(5-18(19)20(27)31)14(4-3-13-9-30(10-13)23(33)34)8-28-21(17)35-11-15-7-24(25,26)22(32)29-15/h5-6,8,12-13,15H,7,9-11H2,1-2H3,(H2,27,31)(H,29,32)(H,33,34). The van der Waals surface area contributed by atoms with Crippen molar-refractivity contribution in [3.05, 3.63) is 29.5 Å². The number of nitrogens with two attached hydrogens (primary N) is 1. The van der Waals surface area contributed by atoms with Crippen molar-refractivity contribution in [3.63, 3.8) is 0 Å². The first-order valence-corrected chi connectivity index (χ1v) is 11.2. The Morgan fingerprint density at radius 3 is 2.64 bits per heavy atom. The number of alkyl halides is 2. The van der Waals surface area contributed by atoms with Gasteiger partial charge in [0.05, 0.1) is 29.2 Å². The molecular weight excluding hydrogens is 478 g/mol. The molecule has 3 amide bonds. The molecule has 2 fully saturated rings. The number of rotatable bonds is 6. The molecular formula is C24H24F2N4O6. The van der Waals surface area contributed by atoms with Gasteiger partial charge in [-0.2, -0.15) is 8.78 Å². The summed E-state index contributed by atoms with van der Waals surface area (Å²) in [5, 5.41) is 12.0. The predicted octanol–water partition coefficient (Wildman–Crippen LogP) is 1.98. The van der Waals surface area contributed by atoms with Crippen LogP contribution in [-0.4, -0.2) is 70.7 Å². The van der Waals surface area contributed by atoms with Gasteiger partial charge in [-0.1, -0.05) is 11.8 Å². The number of primary amides is 1. The number of nitrogens with zero attached hydrogens (tertiary/aromatic N) is 2. The summed E-state index contributed by atoms with van der Waals surface area (Å²) >= 11 is 0. The Bertz CT molecular complexity index is 1300. The molecule has 4 rings (SSSR count). The topological polar surface area (TPSA) is 144 Å². The van der Waals surface area contributed by atoms with Crippen LogP contribution in [0.5, 0.6) is 11.6 Å². The quantitative estimate of drug-likeness (QED) is 0.513. The van der Waals surface area contributed by atoms with Crippen LogP contribution in [0.25, 0.3) is 10.8 Å². The Labute approximate surface area is 204 Å². The summed E-state index contributed by atoms with van der Waals surface area (Å²) < 4.78 is 38.6.